The summed E-state index contributed by atoms with van der Waals surface area (Å²) >= 11 is 5.92. The number of phenols is 1. The van der Waals surface area contributed by atoms with E-state index in [1.165, 1.54) is 37.4 Å². The molecule has 0 aliphatic carbocycles. The van der Waals surface area contributed by atoms with E-state index in [1.54, 1.807) is 6.07 Å². The molecule has 0 atom stereocenters. The van der Waals surface area contributed by atoms with Gasteiger partial charge in [-0.15, -0.1) is 0 Å². The number of oxime groups is 1. The third-order valence-corrected chi connectivity index (χ3v) is 3.15. The minimum atomic E-state index is -0.577. The second-order valence-corrected chi connectivity index (χ2v) is 4.28. The van der Waals surface area contributed by atoms with Gasteiger partial charge in [0.1, 0.15) is 28.1 Å². The summed E-state index contributed by atoms with van der Waals surface area (Å²) in [5.41, 5.74) is 0.0279. The van der Waals surface area contributed by atoms with Crippen LogP contribution in [0.25, 0.3) is 0 Å². The molecule has 0 amide bonds. The topological polar surface area (TPSA) is 62.0 Å². The van der Waals surface area contributed by atoms with Crippen LogP contribution in [-0.2, 0) is 0 Å². The number of nitrogens with zero attached hydrogens (tertiary/aromatic N) is 1. The first-order valence-corrected chi connectivity index (χ1v) is 6.00. The highest BCUT2D eigenvalue weighted by Crippen LogP contribution is 2.37. The molecule has 0 aliphatic heterocycles. The van der Waals surface area contributed by atoms with Crippen molar-refractivity contribution in [1.29, 1.82) is 0 Å². The zero-order valence-electron chi connectivity index (χ0n) is 10.5. The Morgan fingerprint density at radius 1 is 1.20 bits per heavy atom. The summed E-state index contributed by atoms with van der Waals surface area (Å²) in [6, 6.07) is 8.68. The molecular weight excluding hydrogens is 285 g/mol. The van der Waals surface area contributed by atoms with Crippen LogP contribution in [0.4, 0.5) is 4.39 Å². The molecule has 0 aliphatic rings. The number of benzene rings is 2. The molecule has 2 rings (SSSR count). The maximum atomic E-state index is 13.8. The molecule has 0 saturated heterocycles. The summed E-state index contributed by atoms with van der Waals surface area (Å²) in [4.78, 5) is 0. The van der Waals surface area contributed by atoms with Gasteiger partial charge in [0, 0.05) is 11.1 Å². The van der Waals surface area contributed by atoms with E-state index in [0.717, 1.165) is 0 Å². The molecule has 0 fully saturated rings. The lowest BCUT2D eigenvalue weighted by Gasteiger charge is -2.11. The van der Waals surface area contributed by atoms with Crippen LogP contribution in [0.1, 0.15) is 11.1 Å². The zero-order chi connectivity index (χ0) is 14.7. The van der Waals surface area contributed by atoms with E-state index in [4.69, 9.17) is 21.5 Å². The normalized spacial score (nSPS) is 11.4. The standard InChI is InChI=1S/C14H11ClFNO3/c1-20-11-7-6-9(14(18)12(11)15)13(17-19)8-4-2-3-5-10(8)16/h2-7,18-19H,1H3/b17-13-. The molecule has 0 bridgehead atoms. The van der Waals surface area contributed by atoms with Crippen LogP contribution in [0, 0.1) is 5.82 Å². The Bertz CT molecular complexity index is 673. The molecule has 0 unspecified atom stereocenters. The van der Waals surface area contributed by atoms with Gasteiger partial charge in [-0.1, -0.05) is 28.9 Å². The van der Waals surface area contributed by atoms with Crippen LogP contribution >= 0.6 is 11.6 Å². The van der Waals surface area contributed by atoms with Crippen molar-refractivity contribution in [1.82, 2.24) is 0 Å². The van der Waals surface area contributed by atoms with Crippen LogP contribution in [0.2, 0.25) is 5.02 Å². The van der Waals surface area contributed by atoms with Gasteiger partial charge < -0.3 is 15.1 Å². The van der Waals surface area contributed by atoms with E-state index in [9.17, 15) is 9.50 Å². The minimum absolute atomic E-state index is 0.0394. The summed E-state index contributed by atoms with van der Waals surface area (Å²) < 4.78 is 18.7. The van der Waals surface area contributed by atoms with Crippen LogP contribution in [0.3, 0.4) is 0 Å². The Kier molecular flexibility index (Phi) is 4.10. The third kappa shape index (κ3) is 2.40. The predicted octanol–water partition coefficient (Wildman–Crippen LogP) is 3.42. The van der Waals surface area contributed by atoms with Crippen molar-refractivity contribution in [2.45, 2.75) is 0 Å². The summed E-state index contributed by atoms with van der Waals surface area (Å²) in [5, 5.41) is 22.2. The van der Waals surface area contributed by atoms with E-state index in [2.05, 4.69) is 5.16 Å². The number of phenolic OH excluding ortho intramolecular Hbond substituents is 1. The molecule has 2 N–H and O–H groups in total. The van der Waals surface area contributed by atoms with Crippen molar-refractivity contribution in [2.75, 3.05) is 7.11 Å². The van der Waals surface area contributed by atoms with Gasteiger partial charge in [0.2, 0.25) is 0 Å². The Morgan fingerprint density at radius 2 is 1.90 bits per heavy atom. The van der Waals surface area contributed by atoms with Gasteiger partial charge in [-0.05, 0) is 24.3 Å². The Balaban J connectivity index is 2.61. The number of aromatic hydroxyl groups is 1. The summed E-state index contributed by atoms with van der Waals surface area (Å²) in [7, 11) is 1.40. The first-order chi connectivity index (χ1) is 9.60. The number of halogens is 2. The molecule has 0 radical (unpaired) electrons. The molecule has 4 nitrogen and oxygen atoms in total. The van der Waals surface area contributed by atoms with Gasteiger partial charge in [0.05, 0.1) is 7.11 Å². The van der Waals surface area contributed by atoms with E-state index in [-0.39, 0.29) is 33.4 Å². The lowest BCUT2D eigenvalue weighted by atomic mass is 10.0. The van der Waals surface area contributed by atoms with Crippen LogP contribution in [0.5, 0.6) is 11.5 Å². The fourth-order valence-electron chi connectivity index (χ4n) is 1.80. The Hall–Kier alpha value is -2.27. The third-order valence-electron chi connectivity index (χ3n) is 2.78. The van der Waals surface area contributed by atoms with Crippen LogP contribution < -0.4 is 4.74 Å². The predicted molar refractivity (Wildman–Crippen MR) is 73.5 cm³/mol. The van der Waals surface area contributed by atoms with Crippen molar-refractivity contribution in [3.63, 3.8) is 0 Å². The highest BCUT2D eigenvalue weighted by atomic mass is 35.5. The quantitative estimate of drug-likeness (QED) is 0.518. The van der Waals surface area contributed by atoms with Gasteiger partial charge in [0.25, 0.3) is 0 Å². The van der Waals surface area contributed by atoms with Gasteiger partial charge in [-0.3, -0.25) is 0 Å². The molecule has 2 aromatic rings. The van der Waals surface area contributed by atoms with Gasteiger partial charge >= 0.3 is 0 Å². The Morgan fingerprint density at radius 3 is 2.50 bits per heavy atom. The minimum Gasteiger partial charge on any atom is -0.506 e. The number of hydrogen-bond acceptors (Lipinski definition) is 4. The van der Waals surface area contributed by atoms with Crippen molar-refractivity contribution >= 4 is 17.3 Å². The van der Waals surface area contributed by atoms with Gasteiger partial charge in [-0.25, -0.2) is 4.39 Å². The monoisotopic (exact) mass is 295 g/mol. The van der Waals surface area contributed by atoms with E-state index in [1.807, 2.05) is 0 Å². The highest BCUT2D eigenvalue weighted by Gasteiger charge is 2.19. The smallest absolute Gasteiger partial charge is 0.147 e. The molecular formula is C14H11ClFNO3. The maximum Gasteiger partial charge on any atom is 0.147 e. The summed E-state index contributed by atoms with van der Waals surface area (Å²) in [6.45, 7) is 0. The second-order valence-electron chi connectivity index (χ2n) is 3.91. The molecule has 0 saturated carbocycles. The maximum absolute atomic E-state index is 13.8. The van der Waals surface area contributed by atoms with Gasteiger partial charge in [0.15, 0.2) is 0 Å². The van der Waals surface area contributed by atoms with Crippen molar-refractivity contribution in [2.24, 2.45) is 5.16 Å². The van der Waals surface area contributed by atoms with Crippen LogP contribution in [0.15, 0.2) is 41.6 Å². The molecule has 2 aromatic carbocycles. The lowest BCUT2D eigenvalue weighted by molar-refractivity contribution is 0.319. The fourth-order valence-corrected chi connectivity index (χ4v) is 2.04. The van der Waals surface area contributed by atoms with Crippen LogP contribution in [-0.4, -0.2) is 23.1 Å². The molecule has 0 spiro atoms. The molecule has 0 aromatic heterocycles. The van der Waals surface area contributed by atoms with E-state index < -0.39 is 5.82 Å². The molecule has 6 heteroatoms. The second kappa shape index (κ2) is 5.79. The summed E-state index contributed by atoms with van der Waals surface area (Å²) in [5.74, 6) is -0.660. The zero-order valence-corrected chi connectivity index (χ0v) is 11.2. The molecule has 104 valence electrons. The van der Waals surface area contributed by atoms with Crippen molar-refractivity contribution in [3.8, 4) is 11.5 Å². The SMILES string of the molecule is COc1ccc(/C(=N\O)c2ccccc2F)c(O)c1Cl. The number of methoxy groups -OCH3 is 1. The highest BCUT2D eigenvalue weighted by molar-refractivity contribution is 6.34. The number of ether oxygens (including phenoxy) is 1. The Labute approximate surface area is 119 Å². The number of hydrogen-bond donors (Lipinski definition) is 2. The fraction of sp³-hybridized carbons (Fsp3) is 0.0714. The largest absolute Gasteiger partial charge is 0.506 e. The van der Waals surface area contributed by atoms with Gasteiger partial charge in [-0.2, -0.15) is 0 Å². The average molecular weight is 296 g/mol. The summed E-state index contributed by atoms with van der Waals surface area (Å²) in [6.07, 6.45) is 0. The van der Waals surface area contributed by atoms with Crippen molar-refractivity contribution in [3.05, 3.63) is 58.4 Å². The van der Waals surface area contributed by atoms with E-state index >= 15 is 0 Å². The average Bonchev–Trinajstić information content (AvgIpc) is 2.46. The number of rotatable bonds is 3. The molecule has 0 heterocycles. The van der Waals surface area contributed by atoms with E-state index in [0.29, 0.717) is 0 Å². The lowest BCUT2D eigenvalue weighted by Crippen LogP contribution is -2.07. The molecule has 20 heavy (non-hydrogen) atoms. The van der Waals surface area contributed by atoms with Crippen molar-refractivity contribution < 1.29 is 19.4 Å². The first-order valence-electron chi connectivity index (χ1n) is 5.63. The first kappa shape index (κ1) is 14.1.